The lowest BCUT2D eigenvalue weighted by atomic mass is 9.64. The summed E-state index contributed by atoms with van der Waals surface area (Å²) in [5.41, 5.74) is 5.34. The van der Waals surface area contributed by atoms with Crippen LogP contribution < -0.4 is 10.3 Å². The quantitative estimate of drug-likeness (QED) is 0.550. The summed E-state index contributed by atoms with van der Waals surface area (Å²) in [6.45, 7) is 4.82. The first kappa shape index (κ1) is 24.4. The molecule has 3 fully saturated rings. The minimum atomic E-state index is -0.115. The maximum atomic E-state index is 14.6. The summed E-state index contributed by atoms with van der Waals surface area (Å²) >= 11 is 6.33. The first-order chi connectivity index (χ1) is 17.6. The van der Waals surface area contributed by atoms with Crippen molar-refractivity contribution in [1.29, 1.82) is 0 Å². The van der Waals surface area contributed by atoms with Crippen molar-refractivity contribution in [2.24, 2.45) is 11.8 Å². The number of amides is 1. The minimum absolute atomic E-state index is 0.00669. The molecule has 0 radical (unpaired) electrons. The number of fused-ring (bicyclic) bond motifs is 2. The van der Waals surface area contributed by atoms with Crippen molar-refractivity contribution < 1.29 is 9.78 Å². The molecule has 2 saturated heterocycles. The number of aromatic nitrogens is 1. The van der Waals surface area contributed by atoms with Crippen LogP contribution in [-0.4, -0.2) is 36.5 Å². The Bertz CT molecular complexity index is 1110. The molecule has 4 atom stereocenters. The molecule has 2 aliphatic carbocycles. The average molecular weight is 507 g/mol. The molecule has 3 heterocycles. The second-order valence-corrected chi connectivity index (χ2v) is 12.4. The zero-order valence-corrected chi connectivity index (χ0v) is 22.5. The first-order valence-electron chi connectivity index (χ1n) is 14.3. The summed E-state index contributed by atoms with van der Waals surface area (Å²) in [6, 6.07) is 13.5. The second kappa shape index (κ2) is 10.1. The van der Waals surface area contributed by atoms with Gasteiger partial charge in [-0.15, -0.1) is 0 Å². The van der Waals surface area contributed by atoms with Crippen LogP contribution in [0.3, 0.4) is 0 Å². The van der Waals surface area contributed by atoms with Gasteiger partial charge in [-0.2, -0.15) is 4.98 Å². The van der Waals surface area contributed by atoms with Gasteiger partial charge in [0.15, 0.2) is 5.69 Å². The fourth-order valence-corrected chi connectivity index (χ4v) is 8.46. The maximum Gasteiger partial charge on any atom is 0.273 e. The highest BCUT2D eigenvalue weighted by molar-refractivity contribution is 6.28. The van der Waals surface area contributed by atoms with E-state index in [4.69, 9.17) is 11.6 Å². The molecule has 6 rings (SSSR count). The van der Waals surface area contributed by atoms with E-state index in [0.29, 0.717) is 28.9 Å². The number of aromatic amines is 1. The highest BCUT2D eigenvalue weighted by Crippen LogP contribution is 2.47. The van der Waals surface area contributed by atoms with E-state index < -0.39 is 0 Å². The number of carbonyl (C=O) groups is 1. The largest absolute Gasteiger partial charge is 0.339 e. The Labute approximate surface area is 221 Å². The Morgan fingerprint density at radius 3 is 2.75 bits per heavy atom. The Hall–Kier alpha value is -1.91. The summed E-state index contributed by atoms with van der Waals surface area (Å²) in [5, 5.41) is 4.34. The smallest absolute Gasteiger partial charge is 0.273 e. The topological polar surface area (TPSA) is 46.5 Å². The molecule has 0 unspecified atom stereocenters. The zero-order valence-electron chi connectivity index (χ0n) is 21.7. The number of halogens is 1. The summed E-state index contributed by atoms with van der Waals surface area (Å²) in [7, 11) is 0. The van der Waals surface area contributed by atoms with Gasteiger partial charge in [0.25, 0.3) is 5.15 Å². The Kier molecular flexibility index (Phi) is 6.85. The van der Waals surface area contributed by atoms with Crippen molar-refractivity contribution in [1.82, 2.24) is 10.2 Å². The molecule has 2 aromatic rings. The Morgan fingerprint density at radius 1 is 1.08 bits per heavy atom. The highest BCUT2D eigenvalue weighted by Gasteiger charge is 2.53. The first-order valence-corrected chi connectivity index (χ1v) is 14.7. The molecule has 36 heavy (non-hydrogen) atoms. The zero-order chi connectivity index (χ0) is 24.7. The molecule has 4 aliphatic rings. The van der Waals surface area contributed by atoms with E-state index in [-0.39, 0.29) is 11.3 Å². The van der Waals surface area contributed by atoms with Crippen LogP contribution in [0.4, 0.5) is 0 Å². The molecule has 192 valence electrons. The molecule has 4 nitrogen and oxygen atoms in total. The van der Waals surface area contributed by atoms with Gasteiger partial charge in [0, 0.05) is 49.1 Å². The van der Waals surface area contributed by atoms with Crippen LogP contribution in [0.5, 0.6) is 0 Å². The third-order valence-electron chi connectivity index (χ3n) is 10.1. The summed E-state index contributed by atoms with van der Waals surface area (Å²) in [6.07, 6.45) is 11.9. The monoisotopic (exact) mass is 506 g/mol. The lowest BCUT2D eigenvalue weighted by Crippen LogP contribution is -2.55. The van der Waals surface area contributed by atoms with Gasteiger partial charge in [-0.25, -0.2) is 0 Å². The molecule has 2 N–H and O–H groups in total. The van der Waals surface area contributed by atoms with Crippen molar-refractivity contribution >= 4 is 17.5 Å². The lowest BCUT2D eigenvalue weighted by molar-refractivity contribution is -0.390. The van der Waals surface area contributed by atoms with Crippen LogP contribution in [0.25, 0.3) is 0 Å². The maximum absolute atomic E-state index is 14.6. The lowest BCUT2D eigenvalue weighted by Gasteiger charge is -2.47. The van der Waals surface area contributed by atoms with E-state index in [1.807, 2.05) is 6.07 Å². The number of H-pyrrole nitrogens is 1. The summed E-state index contributed by atoms with van der Waals surface area (Å²) < 4.78 is 0. The molecular weight excluding hydrogens is 466 g/mol. The number of nitrogens with one attached hydrogen (secondary N) is 2. The number of pyridine rings is 1. The molecule has 2 aliphatic heterocycles. The van der Waals surface area contributed by atoms with Crippen molar-refractivity contribution in [3.63, 3.8) is 0 Å². The van der Waals surface area contributed by atoms with Gasteiger partial charge < -0.3 is 10.2 Å². The number of aryl methyl sites for hydroxylation is 2. The van der Waals surface area contributed by atoms with Gasteiger partial charge in [-0.3, -0.25) is 4.79 Å². The Morgan fingerprint density at radius 2 is 1.92 bits per heavy atom. The number of piperidine rings is 1. The molecule has 5 heteroatoms. The summed E-state index contributed by atoms with van der Waals surface area (Å²) in [5.74, 6) is 1.62. The second-order valence-electron chi connectivity index (χ2n) is 12.0. The average Bonchev–Trinajstić information content (AvgIpc) is 3.32. The van der Waals surface area contributed by atoms with Crippen LogP contribution >= 0.6 is 11.6 Å². The standard InChI is InChI=1S/C31H40ClN3O/c1-21-8-5-6-11-24(21)23-15-17-35(28(18-23)22-9-3-2-4-10-22)30(36)26-19-33-20-31(26)16-7-12-27-25(31)13-14-29(32)34-27/h5-6,8,11,13-14,22-23,26,28,33H,2-4,7,9-10,12,15-20H2,1H3/p+1/t23-,26+,28+,31+/m1/s1. The number of rotatable bonds is 3. The number of likely N-dealkylation sites (tertiary alicyclic amines) is 1. The molecule has 1 spiro atoms. The van der Waals surface area contributed by atoms with E-state index in [0.717, 1.165) is 51.7 Å². The van der Waals surface area contributed by atoms with E-state index >= 15 is 0 Å². The minimum Gasteiger partial charge on any atom is -0.339 e. The van der Waals surface area contributed by atoms with Crippen LogP contribution in [0.15, 0.2) is 36.4 Å². The third-order valence-corrected chi connectivity index (χ3v) is 10.3. The normalized spacial score (nSPS) is 30.9. The van der Waals surface area contributed by atoms with Crippen molar-refractivity contribution in [3.05, 3.63) is 63.9 Å². The SMILES string of the molecule is Cc1ccccc1[C@@H]1CCN(C(=O)[C@@H]2CNC[C@]23CCCc2[nH+]c(Cl)ccc23)[C@H](C2CCCCC2)C1. The van der Waals surface area contributed by atoms with Gasteiger partial charge in [0.2, 0.25) is 5.91 Å². The van der Waals surface area contributed by atoms with Crippen LogP contribution in [0, 0.1) is 18.8 Å². The van der Waals surface area contributed by atoms with Gasteiger partial charge in [0.05, 0.1) is 5.92 Å². The molecule has 0 bridgehead atoms. The predicted molar refractivity (Wildman–Crippen MR) is 144 cm³/mol. The van der Waals surface area contributed by atoms with Crippen LogP contribution in [-0.2, 0) is 16.6 Å². The van der Waals surface area contributed by atoms with Crippen LogP contribution in [0.1, 0.15) is 86.1 Å². The van der Waals surface area contributed by atoms with E-state index in [1.165, 1.54) is 54.5 Å². The fraction of sp³-hybridized carbons (Fsp3) is 0.613. The number of benzene rings is 1. The van der Waals surface area contributed by atoms with Crippen LogP contribution in [0.2, 0.25) is 5.15 Å². The highest BCUT2D eigenvalue weighted by atomic mass is 35.5. The number of nitrogens with zero attached hydrogens (tertiary/aromatic N) is 1. The fourth-order valence-electron chi connectivity index (χ4n) is 8.28. The van der Waals surface area contributed by atoms with Crippen molar-refractivity contribution in [2.75, 3.05) is 19.6 Å². The summed E-state index contributed by atoms with van der Waals surface area (Å²) in [4.78, 5) is 20.4. The van der Waals surface area contributed by atoms with Gasteiger partial charge >= 0.3 is 0 Å². The van der Waals surface area contributed by atoms with Gasteiger partial charge in [-0.05, 0) is 86.1 Å². The number of hydrogen-bond donors (Lipinski definition) is 1. The van der Waals surface area contributed by atoms with Gasteiger partial charge in [0.1, 0.15) is 0 Å². The van der Waals surface area contributed by atoms with E-state index in [9.17, 15) is 4.79 Å². The molecule has 1 amide bonds. The molecule has 1 aromatic carbocycles. The molecular formula is C31H41ClN3O+. The Balaban J connectivity index is 1.31. The molecule has 1 saturated carbocycles. The molecule has 1 aromatic heterocycles. The number of carbonyl (C=O) groups excluding carboxylic acids is 1. The van der Waals surface area contributed by atoms with Crippen molar-refractivity contribution in [2.45, 2.75) is 88.5 Å². The van der Waals surface area contributed by atoms with Crippen molar-refractivity contribution in [3.8, 4) is 0 Å². The van der Waals surface area contributed by atoms with E-state index in [2.05, 4.69) is 52.5 Å². The van der Waals surface area contributed by atoms with E-state index in [1.54, 1.807) is 0 Å². The number of hydrogen-bond acceptors (Lipinski definition) is 2. The predicted octanol–water partition coefficient (Wildman–Crippen LogP) is 5.61. The van der Waals surface area contributed by atoms with Gasteiger partial charge in [-0.1, -0.05) is 43.5 Å². The third kappa shape index (κ3) is 4.28.